The van der Waals surface area contributed by atoms with Crippen LogP contribution >= 0.6 is 0 Å². The third-order valence-electron chi connectivity index (χ3n) is 6.90. The second kappa shape index (κ2) is 10.8. The fourth-order valence-corrected chi connectivity index (χ4v) is 4.95. The summed E-state index contributed by atoms with van der Waals surface area (Å²) >= 11 is 0. The zero-order chi connectivity index (χ0) is 25.9. The van der Waals surface area contributed by atoms with Crippen molar-refractivity contribution >= 4 is 17.8 Å². The molecule has 2 N–H and O–H groups in total. The second-order valence-electron chi connectivity index (χ2n) is 10.0. The highest BCUT2D eigenvalue weighted by molar-refractivity contribution is 6.01. The number of carbonyl (C=O) groups is 3. The van der Waals surface area contributed by atoms with Crippen molar-refractivity contribution in [2.24, 2.45) is 5.41 Å². The summed E-state index contributed by atoms with van der Waals surface area (Å²) in [7, 11) is 0. The lowest BCUT2D eigenvalue weighted by Crippen LogP contribution is -2.40. The number of aryl methyl sites for hydroxylation is 1. The number of esters is 1. The van der Waals surface area contributed by atoms with Crippen LogP contribution in [0.4, 0.5) is 0 Å². The van der Waals surface area contributed by atoms with Crippen LogP contribution in [0.2, 0.25) is 0 Å². The van der Waals surface area contributed by atoms with E-state index in [0.717, 1.165) is 18.5 Å². The highest BCUT2D eigenvalue weighted by Gasteiger charge is 2.40. The van der Waals surface area contributed by atoms with Gasteiger partial charge in [-0.1, -0.05) is 13.8 Å². The lowest BCUT2D eigenvalue weighted by molar-refractivity contribution is 0.0155. The van der Waals surface area contributed by atoms with Crippen molar-refractivity contribution in [1.82, 2.24) is 20.4 Å². The summed E-state index contributed by atoms with van der Waals surface area (Å²) in [5, 5.41) is 10.9. The van der Waals surface area contributed by atoms with E-state index in [0.29, 0.717) is 73.7 Å². The highest BCUT2D eigenvalue weighted by Crippen LogP contribution is 2.38. The minimum absolute atomic E-state index is 0.0724. The average Bonchev–Trinajstić information content (AvgIpc) is 3.16. The van der Waals surface area contributed by atoms with E-state index in [4.69, 9.17) is 14.6 Å². The fraction of sp³-hybridized carbons (Fsp3) is 0.556. The van der Waals surface area contributed by atoms with Gasteiger partial charge in [0.15, 0.2) is 0 Å². The number of aromatic nitrogens is 2. The molecule has 1 spiro atoms. The van der Waals surface area contributed by atoms with Crippen molar-refractivity contribution in [2.45, 2.75) is 65.8 Å². The standard InChI is InChI=1S/C27H36N4O5/c1-5-11-36-26(34)18-7-8-19(24(32)29-17(3)4)21(14-18)31-22-15-27(9-12-35-13-10-27)16-28-25(33)23(22)20(6-2)30-31/h7-8,14,17H,5-6,9-13,15-16H2,1-4H3,(H,28,33)(H,29,32). The Labute approximate surface area is 211 Å². The molecule has 4 rings (SSSR count). The minimum atomic E-state index is -0.457. The third-order valence-corrected chi connectivity index (χ3v) is 6.90. The first-order chi connectivity index (χ1) is 17.3. The van der Waals surface area contributed by atoms with Gasteiger partial charge in [-0.3, -0.25) is 9.59 Å². The SMILES string of the molecule is CCCOC(=O)c1ccc(C(=O)NC(C)C)c(-n2nc(CC)c3c2CC2(CCOCC2)CNC3=O)c1. The number of amides is 2. The molecular formula is C27H36N4O5. The molecule has 0 radical (unpaired) electrons. The number of nitrogens with one attached hydrogen (secondary N) is 2. The Bertz CT molecular complexity index is 1150. The fourth-order valence-electron chi connectivity index (χ4n) is 4.95. The molecule has 1 aromatic heterocycles. The molecule has 2 aromatic rings. The maximum absolute atomic E-state index is 13.3. The van der Waals surface area contributed by atoms with Gasteiger partial charge in [0.05, 0.1) is 40.4 Å². The molecule has 1 saturated heterocycles. The van der Waals surface area contributed by atoms with Gasteiger partial charge in [0.1, 0.15) is 0 Å². The molecule has 9 heteroatoms. The molecular weight excluding hydrogens is 460 g/mol. The van der Waals surface area contributed by atoms with Crippen LogP contribution in [0.15, 0.2) is 18.2 Å². The van der Waals surface area contributed by atoms with Crippen molar-refractivity contribution in [1.29, 1.82) is 0 Å². The normalized spacial score (nSPS) is 16.9. The zero-order valence-electron chi connectivity index (χ0n) is 21.6. The number of hydrogen-bond acceptors (Lipinski definition) is 6. The molecule has 0 atom stereocenters. The van der Waals surface area contributed by atoms with E-state index in [2.05, 4.69) is 10.6 Å². The summed E-state index contributed by atoms with van der Waals surface area (Å²) in [5.41, 5.74) is 3.03. The molecule has 1 aromatic carbocycles. The maximum atomic E-state index is 13.3. The molecule has 0 unspecified atom stereocenters. The molecule has 194 valence electrons. The van der Waals surface area contributed by atoms with Gasteiger partial charge in [-0.15, -0.1) is 0 Å². The van der Waals surface area contributed by atoms with Crippen LogP contribution in [0.3, 0.4) is 0 Å². The summed E-state index contributed by atoms with van der Waals surface area (Å²) in [6.07, 6.45) is 3.53. The summed E-state index contributed by atoms with van der Waals surface area (Å²) in [5.74, 6) is -0.876. The average molecular weight is 497 g/mol. The Morgan fingerprint density at radius 1 is 1.25 bits per heavy atom. The van der Waals surface area contributed by atoms with E-state index in [1.165, 1.54) is 0 Å². The predicted octanol–water partition coefficient (Wildman–Crippen LogP) is 3.22. The first-order valence-electron chi connectivity index (χ1n) is 12.9. The van der Waals surface area contributed by atoms with Crippen molar-refractivity contribution in [3.63, 3.8) is 0 Å². The second-order valence-corrected chi connectivity index (χ2v) is 10.0. The van der Waals surface area contributed by atoms with Crippen LogP contribution in [-0.2, 0) is 22.3 Å². The van der Waals surface area contributed by atoms with Gasteiger partial charge in [-0.2, -0.15) is 5.10 Å². The van der Waals surface area contributed by atoms with Crippen LogP contribution in [-0.4, -0.2) is 60.0 Å². The summed E-state index contributed by atoms with van der Waals surface area (Å²) in [6, 6.07) is 4.82. The maximum Gasteiger partial charge on any atom is 0.338 e. The Hall–Kier alpha value is -3.20. The van der Waals surface area contributed by atoms with E-state index >= 15 is 0 Å². The van der Waals surface area contributed by atoms with Gasteiger partial charge in [-0.05, 0) is 69.6 Å². The van der Waals surface area contributed by atoms with Crippen molar-refractivity contribution in [2.75, 3.05) is 26.4 Å². The summed E-state index contributed by atoms with van der Waals surface area (Å²) < 4.78 is 12.7. The monoisotopic (exact) mass is 496 g/mol. The molecule has 2 aliphatic heterocycles. The van der Waals surface area contributed by atoms with Gasteiger partial charge in [-0.25, -0.2) is 9.48 Å². The Morgan fingerprint density at radius 2 is 2.00 bits per heavy atom. The van der Waals surface area contributed by atoms with Gasteiger partial charge >= 0.3 is 5.97 Å². The van der Waals surface area contributed by atoms with Gasteiger partial charge in [0.2, 0.25) is 0 Å². The number of nitrogens with zero attached hydrogens (tertiary/aromatic N) is 2. The van der Waals surface area contributed by atoms with Crippen LogP contribution in [0.25, 0.3) is 5.69 Å². The van der Waals surface area contributed by atoms with E-state index in [9.17, 15) is 14.4 Å². The molecule has 1 fully saturated rings. The summed E-state index contributed by atoms with van der Waals surface area (Å²) in [4.78, 5) is 39.2. The zero-order valence-corrected chi connectivity index (χ0v) is 21.6. The van der Waals surface area contributed by atoms with E-state index in [-0.39, 0.29) is 23.3 Å². The van der Waals surface area contributed by atoms with E-state index in [1.807, 2.05) is 27.7 Å². The topological polar surface area (TPSA) is 112 Å². The van der Waals surface area contributed by atoms with Gasteiger partial charge < -0.3 is 20.1 Å². The largest absolute Gasteiger partial charge is 0.462 e. The number of fused-ring (bicyclic) bond motifs is 1. The van der Waals surface area contributed by atoms with Crippen molar-refractivity contribution in [3.8, 4) is 5.69 Å². The first-order valence-corrected chi connectivity index (χ1v) is 12.9. The van der Waals surface area contributed by atoms with Crippen LogP contribution in [0.1, 0.15) is 89.4 Å². The molecule has 36 heavy (non-hydrogen) atoms. The first kappa shape index (κ1) is 25.9. The smallest absolute Gasteiger partial charge is 0.338 e. The van der Waals surface area contributed by atoms with Crippen molar-refractivity contribution < 1.29 is 23.9 Å². The lowest BCUT2D eigenvalue weighted by Gasteiger charge is -2.36. The molecule has 2 aliphatic rings. The number of benzene rings is 1. The minimum Gasteiger partial charge on any atom is -0.462 e. The lowest BCUT2D eigenvalue weighted by atomic mass is 9.76. The van der Waals surface area contributed by atoms with Crippen LogP contribution in [0, 0.1) is 5.41 Å². The molecule has 2 amide bonds. The third kappa shape index (κ3) is 5.16. The quantitative estimate of drug-likeness (QED) is 0.570. The molecule has 0 aliphatic carbocycles. The molecule has 3 heterocycles. The number of rotatable bonds is 7. The summed E-state index contributed by atoms with van der Waals surface area (Å²) in [6.45, 7) is 9.83. The molecule has 0 bridgehead atoms. The predicted molar refractivity (Wildman–Crippen MR) is 135 cm³/mol. The van der Waals surface area contributed by atoms with E-state index < -0.39 is 5.97 Å². The van der Waals surface area contributed by atoms with Crippen LogP contribution < -0.4 is 10.6 Å². The highest BCUT2D eigenvalue weighted by atomic mass is 16.5. The molecule has 0 saturated carbocycles. The number of carbonyl (C=O) groups excluding carboxylic acids is 3. The van der Waals surface area contributed by atoms with E-state index in [1.54, 1.807) is 22.9 Å². The molecule has 9 nitrogen and oxygen atoms in total. The number of hydrogen-bond donors (Lipinski definition) is 2. The van der Waals surface area contributed by atoms with Crippen molar-refractivity contribution in [3.05, 3.63) is 46.3 Å². The Balaban J connectivity index is 1.89. The van der Waals surface area contributed by atoms with Gasteiger partial charge in [0.25, 0.3) is 11.8 Å². The van der Waals surface area contributed by atoms with Gasteiger partial charge in [0, 0.05) is 25.8 Å². The Kier molecular flexibility index (Phi) is 7.78. The number of ether oxygens (including phenoxy) is 2. The van der Waals surface area contributed by atoms with Crippen LogP contribution in [0.5, 0.6) is 0 Å². The Morgan fingerprint density at radius 3 is 2.67 bits per heavy atom.